The molecule has 0 amide bonds. The van der Waals surface area contributed by atoms with Gasteiger partial charge in [0, 0.05) is 16.3 Å². The molecule has 8 nitrogen and oxygen atoms in total. The van der Waals surface area contributed by atoms with Crippen LogP contribution in [0.25, 0.3) is 0 Å². The number of rotatable bonds is 4. The van der Waals surface area contributed by atoms with Gasteiger partial charge in [-0.1, -0.05) is 36.4 Å². The lowest BCUT2D eigenvalue weighted by molar-refractivity contribution is -0.808. The molecule has 2 aliphatic heterocycles. The summed E-state index contributed by atoms with van der Waals surface area (Å²) in [6, 6.07) is 18.2. The molecule has 140 valence electrons. The predicted molar refractivity (Wildman–Crippen MR) is 98.8 cm³/mol. The Labute approximate surface area is 160 Å². The van der Waals surface area contributed by atoms with Crippen LogP contribution in [0.1, 0.15) is 34.6 Å². The summed E-state index contributed by atoms with van der Waals surface area (Å²) in [5.41, 5.74) is 2.46. The number of benzene rings is 2. The van der Waals surface area contributed by atoms with Gasteiger partial charge in [-0.15, -0.1) is 0 Å². The summed E-state index contributed by atoms with van der Waals surface area (Å²) in [7, 11) is 0. The van der Waals surface area contributed by atoms with Crippen molar-refractivity contribution in [1.29, 1.82) is 0 Å². The molecular formula is C20H16N4O4. The Balaban J connectivity index is 1.45. The van der Waals surface area contributed by atoms with Crippen molar-refractivity contribution >= 4 is 11.8 Å². The molecule has 0 unspecified atom stereocenters. The van der Waals surface area contributed by atoms with Crippen molar-refractivity contribution in [2.45, 2.75) is 12.1 Å². The molecule has 0 saturated heterocycles. The fraction of sp³-hybridized carbons (Fsp3) is 0.200. The molecule has 28 heavy (non-hydrogen) atoms. The van der Waals surface area contributed by atoms with Crippen LogP contribution < -0.4 is 4.90 Å². The fourth-order valence-electron chi connectivity index (χ4n) is 3.29. The van der Waals surface area contributed by atoms with Crippen LogP contribution in [0.5, 0.6) is 0 Å². The van der Waals surface area contributed by atoms with Gasteiger partial charge in [-0.25, -0.2) is 9.98 Å². The smallest absolute Gasteiger partial charge is 0.251 e. The average Bonchev–Trinajstić information content (AvgIpc) is 3.48. The highest BCUT2D eigenvalue weighted by molar-refractivity contribution is 5.95. The number of hydrogen-bond donors (Lipinski definition) is 0. The van der Waals surface area contributed by atoms with Crippen molar-refractivity contribution in [3.8, 4) is 0 Å². The maximum Gasteiger partial charge on any atom is 0.251 e. The third-order valence-electron chi connectivity index (χ3n) is 4.65. The molecule has 0 spiro atoms. The van der Waals surface area contributed by atoms with E-state index in [2.05, 4.69) is 15.1 Å². The van der Waals surface area contributed by atoms with Gasteiger partial charge in [-0.05, 0) is 29.2 Å². The van der Waals surface area contributed by atoms with Crippen molar-refractivity contribution in [3.05, 3.63) is 88.4 Å². The second-order valence-corrected chi connectivity index (χ2v) is 6.45. The fourth-order valence-corrected chi connectivity index (χ4v) is 3.29. The van der Waals surface area contributed by atoms with Gasteiger partial charge in [0.1, 0.15) is 13.2 Å². The van der Waals surface area contributed by atoms with E-state index in [1.807, 2.05) is 60.7 Å². The highest BCUT2D eigenvalue weighted by Crippen LogP contribution is 2.31. The van der Waals surface area contributed by atoms with Gasteiger partial charge in [-0.3, -0.25) is 4.63 Å². The van der Waals surface area contributed by atoms with Gasteiger partial charge in [0.15, 0.2) is 12.1 Å². The van der Waals surface area contributed by atoms with E-state index in [0.717, 1.165) is 11.1 Å². The Hall–Kier alpha value is -3.68. The summed E-state index contributed by atoms with van der Waals surface area (Å²) in [5, 5.41) is 16.2. The summed E-state index contributed by atoms with van der Waals surface area (Å²) in [5.74, 6) is 1.02. The van der Waals surface area contributed by atoms with E-state index in [-0.39, 0.29) is 13.2 Å². The average molecular weight is 376 g/mol. The standard InChI is InChI=1S/C20H16N4O4/c25-24-18(16-12-27-20(22-16)14-9-5-2-6-10-14)17(23-28-24)15-11-26-19(21-15)13-7-3-1-4-8-13/h1-10,15-16H,11-12H2/t15-,16-/m0/s1. The van der Waals surface area contributed by atoms with Crippen LogP contribution in [-0.2, 0) is 9.47 Å². The second kappa shape index (κ2) is 6.80. The minimum Gasteiger partial charge on any atom is -0.475 e. The molecule has 2 aromatic carbocycles. The number of aromatic nitrogens is 2. The molecule has 8 heteroatoms. The highest BCUT2D eigenvalue weighted by Gasteiger charge is 2.39. The molecular weight excluding hydrogens is 360 g/mol. The lowest BCUT2D eigenvalue weighted by Gasteiger charge is -2.03. The molecule has 0 N–H and O–H groups in total. The van der Waals surface area contributed by atoms with E-state index in [9.17, 15) is 5.21 Å². The van der Waals surface area contributed by atoms with E-state index in [0.29, 0.717) is 28.1 Å². The van der Waals surface area contributed by atoms with E-state index >= 15 is 0 Å². The zero-order valence-electron chi connectivity index (χ0n) is 14.8. The lowest BCUT2D eigenvalue weighted by Crippen LogP contribution is -2.31. The first-order valence-electron chi connectivity index (χ1n) is 8.91. The Kier molecular flexibility index (Phi) is 4.01. The van der Waals surface area contributed by atoms with Crippen LogP contribution in [0, 0.1) is 5.21 Å². The number of aliphatic imine (C=N–C) groups is 2. The molecule has 0 saturated carbocycles. The topological polar surface area (TPSA) is 96.2 Å². The Morgan fingerprint density at radius 1 is 0.786 bits per heavy atom. The van der Waals surface area contributed by atoms with Crippen LogP contribution in [0.15, 0.2) is 75.3 Å². The highest BCUT2D eigenvalue weighted by atomic mass is 16.8. The van der Waals surface area contributed by atoms with Crippen molar-refractivity contribution < 1.29 is 19.0 Å². The van der Waals surface area contributed by atoms with Crippen LogP contribution in [0.2, 0.25) is 0 Å². The quantitative estimate of drug-likeness (QED) is 0.651. The van der Waals surface area contributed by atoms with Crippen LogP contribution >= 0.6 is 0 Å². The Morgan fingerprint density at radius 2 is 1.32 bits per heavy atom. The predicted octanol–water partition coefficient (Wildman–Crippen LogP) is 2.34. The van der Waals surface area contributed by atoms with Gasteiger partial charge in [-0.2, -0.15) is 0 Å². The van der Waals surface area contributed by atoms with E-state index < -0.39 is 12.1 Å². The summed E-state index contributed by atoms with van der Waals surface area (Å²) < 4.78 is 16.3. The van der Waals surface area contributed by atoms with Crippen LogP contribution in [0.3, 0.4) is 0 Å². The summed E-state index contributed by atoms with van der Waals surface area (Å²) in [6.45, 7) is 0.524. The zero-order chi connectivity index (χ0) is 18.9. The zero-order valence-corrected chi connectivity index (χ0v) is 14.8. The second-order valence-electron chi connectivity index (χ2n) is 6.45. The molecule has 0 bridgehead atoms. The summed E-state index contributed by atoms with van der Waals surface area (Å²) >= 11 is 0. The number of hydrogen-bond acceptors (Lipinski definition) is 7. The largest absolute Gasteiger partial charge is 0.475 e. The first-order chi connectivity index (χ1) is 13.8. The minimum atomic E-state index is -0.509. The van der Waals surface area contributed by atoms with E-state index in [1.165, 1.54) is 0 Å². The monoisotopic (exact) mass is 376 g/mol. The SMILES string of the molecule is [O-][n+]1onc([C@@H]2COC(c3ccccc3)=N2)c1[C@@H]1COC(c2ccccc2)=N1. The summed E-state index contributed by atoms with van der Waals surface area (Å²) in [6.07, 6.45) is 0. The molecule has 3 heterocycles. The third kappa shape index (κ3) is 2.88. The first kappa shape index (κ1) is 16.5. The maximum absolute atomic E-state index is 12.3. The van der Waals surface area contributed by atoms with Crippen molar-refractivity contribution in [3.63, 3.8) is 0 Å². The van der Waals surface area contributed by atoms with Gasteiger partial charge in [0.25, 0.3) is 5.69 Å². The number of ether oxygens (including phenoxy) is 2. The molecule has 0 fully saturated rings. The van der Waals surface area contributed by atoms with Crippen LogP contribution in [-0.4, -0.2) is 30.2 Å². The van der Waals surface area contributed by atoms with Gasteiger partial charge < -0.3 is 14.7 Å². The van der Waals surface area contributed by atoms with Crippen molar-refractivity contribution in [1.82, 2.24) is 5.16 Å². The molecule has 3 aromatic rings. The van der Waals surface area contributed by atoms with Crippen molar-refractivity contribution in [2.24, 2.45) is 9.98 Å². The molecule has 0 aliphatic carbocycles. The molecule has 1 aromatic heterocycles. The Bertz CT molecular complexity index is 1050. The molecule has 0 radical (unpaired) electrons. The maximum atomic E-state index is 12.3. The van der Waals surface area contributed by atoms with Crippen LogP contribution in [0.4, 0.5) is 0 Å². The molecule has 5 rings (SSSR count). The van der Waals surface area contributed by atoms with Crippen molar-refractivity contribution in [2.75, 3.05) is 13.2 Å². The first-order valence-corrected chi connectivity index (χ1v) is 8.91. The third-order valence-corrected chi connectivity index (χ3v) is 4.65. The minimum absolute atomic E-state index is 0.240. The van der Waals surface area contributed by atoms with Gasteiger partial charge >= 0.3 is 0 Å². The number of nitrogens with zero attached hydrogens (tertiary/aromatic N) is 4. The molecule has 2 aliphatic rings. The molecule has 2 atom stereocenters. The van der Waals surface area contributed by atoms with Gasteiger partial charge in [0.2, 0.25) is 17.5 Å². The normalized spacial score (nSPS) is 21.0. The van der Waals surface area contributed by atoms with E-state index in [1.54, 1.807) is 0 Å². The lowest BCUT2D eigenvalue weighted by atomic mass is 10.1. The summed E-state index contributed by atoms with van der Waals surface area (Å²) in [4.78, 5) is 9.52. The Morgan fingerprint density at radius 3 is 1.93 bits per heavy atom. The van der Waals surface area contributed by atoms with Gasteiger partial charge in [0.05, 0.1) is 0 Å². The van der Waals surface area contributed by atoms with E-state index in [4.69, 9.17) is 14.1 Å².